The molecule has 1 aliphatic rings. The van der Waals surface area contributed by atoms with E-state index >= 15 is 0 Å². The van der Waals surface area contributed by atoms with E-state index in [0.29, 0.717) is 15.1 Å². The zero-order valence-corrected chi connectivity index (χ0v) is 15.5. The maximum Gasteiger partial charge on any atom is 0.377 e. The monoisotopic (exact) mass is 399 g/mol. The van der Waals surface area contributed by atoms with E-state index in [9.17, 15) is 18.4 Å². The molecule has 3 aromatic rings. The van der Waals surface area contributed by atoms with Crippen LogP contribution in [0.15, 0.2) is 53.3 Å². The number of hydrogen-bond acceptors (Lipinski definition) is 4. The van der Waals surface area contributed by atoms with E-state index in [1.807, 2.05) is 6.07 Å². The molecule has 0 saturated heterocycles. The lowest BCUT2D eigenvalue weighted by Crippen LogP contribution is -2.47. The van der Waals surface area contributed by atoms with Gasteiger partial charge in [0.2, 0.25) is 0 Å². The average molecular weight is 399 g/mol. The van der Waals surface area contributed by atoms with E-state index in [-0.39, 0.29) is 6.04 Å². The van der Waals surface area contributed by atoms with E-state index in [0.717, 1.165) is 44.2 Å². The number of hydrogen-bond donors (Lipinski definition) is 0. The zero-order valence-electron chi connectivity index (χ0n) is 15.5. The largest absolute Gasteiger partial charge is 0.377 e. The molecule has 2 aromatic carbocycles. The molecule has 0 radical (unpaired) electrons. The van der Waals surface area contributed by atoms with Crippen LogP contribution in [0, 0.1) is 11.6 Å². The summed E-state index contributed by atoms with van der Waals surface area (Å²) in [5.74, 6) is -1.95. The third-order valence-corrected chi connectivity index (χ3v) is 5.09. The Bertz CT molecular complexity index is 1050. The zero-order chi connectivity index (χ0) is 20.4. The molecule has 1 aliphatic carbocycles. The number of nitrogens with zero attached hydrogens (tertiary/aromatic N) is 5. The second-order valence-electron chi connectivity index (χ2n) is 6.94. The van der Waals surface area contributed by atoms with Gasteiger partial charge in [0, 0.05) is 11.7 Å². The SMILES string of the molecule is O=C(N(c1ccccc1)C1CCCCC1)n1nnn(-c2c(F)cccc2F)c1=O. The first-order valence-electron chi connectivity index (χ1n) is 9.46. The molecular weight excluding hydrogens is 380 g/mol. The van der Waals surface area contributed by atoms with Gasteiger partial charge in [0.05, 0.1) is 0 Å². The smallest absolute Gasteiger partial charge is 0.289 e. The summed E-state index contributed by atoms with van der Waals surface area (Å²) in [5.41, 5.74) is -1.07. The molecule has 0 unspecified atom stereocenters. The van der Waals surface area contributed by atoms with E-state index in [1.54, 1.807) is 24.3 Å². The van der Waals surface area contributed by atoms with Crippen molar-refractivity contribution in [3.63, 3.8) is 0 Å². The normalized spacial score (nSPS) is 14.7. The van der Waals surface area contributed by atoms with Gasteiger partial charge in [0.15, 0.2) is 11.6 Å². The van der Waals surface area contributed by atoms with Crippen LogP contribution in [-0.2, 0) is 0 Å². The van der Waals surface area contributed by atoms with Crippen LogP contribution in [0.4, 0.5) is 19.3 Å². The Labute approximate surface area is 165 Å². The number of tetrazole rings is 1. The summed E-state index contributed by atoms with van der Waals surface area (Å²) in [4.78, 5) is 27.5. The quantitative estimate of drug-likeness (QED) is 0.632. The fourth-order valence-electron chi connectivity index (χ4n) is 3.71. The first-order valence-corrected chi connectivity index (χ1v) is 9.46. The van der Waals surface area contributed by atoms with Crippen LogP contribution >= 0.6 is 0 Å². The fourth-order valence-corrected chi connectivity index (χ4v) is 3.71. The second kappa shape index (κ2) is 7.94. The second-order valence-corrected chi connectivity index (χ2v) is 6.94. The molecule has 0 aliphatic heterocycles. The Morgan fingerprint density at radius 3 is 2.24 bits per heavy atom. The molecule has 1 fully saturated rings. The number of carbonyl (C=O) groups excluding carboxylic acids is 1. The molecule has 1 heterocycles. The van der Waals surface area contributed by atoms with Gasteiger partial charge < -0.3 is 0 Å². The number of halogens is 2. The Hall–Kier alpha value is -3.36. The van der Waals surface area contributed by atoms with Crippen molar-refractivity contribution in [3.05, 3.63) is 70.6 Å². The van der Waals surface area contributed by atoms with Crippen LogP contribution in [0.1, 0.15) is 32.1 Å². The topological polar surface area (TPSA) is 73.0 Å². The van der Waals surface area contributed by atoms with Crippen molar-refractivity contribution in [2.45, 2.75) is 38.1 Å². The first kappa shape index (κ1) is 19.0. The van der Waals surface area contributed by atoms with E-state index in [4.69, 9.17) is 0 Å². The molecule has 0 N–H and O–H groups in total. The lowest BCUT2D eigenvalue weighted by molar-refractivity contribution is 0.238. The van der Waals surface area contributed by atoms with Crippen LogP contribution in [0.25, 0.3) is 5.69 Å². The van der Waals surface area contributed by atoms with E-state index in [1.165, 1.54) is 11.0 Å². The van der Waals surface area contributed by atoms with E-state index < -0.39 is 29.0 Å². The Morgan fingerprint density at radius 2 is 1.59 bits per heavy atom. The molecule has 9 heteroatoms. The van der Waals surface area contributed by atoms with Gasteiger partial charge in [-0.25, -0.2) is 18.4 Å². The molecular formula is C20H19F2N5O2. The highest BCUT2D eigenvalue weighted by atomic mass is 19.1. The summed E-state index contributed by atoms with van der Waals surface area (Å²) in [6.45, 7) is 0. The molecule has 0 bridgehead atoms. The lowest BCUT2D eigenvalue weighted by Gasteiger charge is -2.33. The van der Waals surface area contributed by atoms with Crippen molar-refractivity contribution in [1.29, 1.82) is 0 Å². The van der Waals surface area contributed by atoms with Crippen LogP contribution in [-0.4, -0.2) is 31.9 Å². The number of anilines is 1. The number of aromatic nitrogens is 4. The molecule has 150 valence electrons. The third kappa shape index (κ3) is 3.55. The number of benzene rings is 2. The minimum atomic E-state index is -1.03. The van der Waals surface area contributed by atoms with Crippen LogP contribution < -0.4 is 10.6 Å². The van der Waals surface area contributed by atoms with Gasteiger partial charge in [-0.05, 0) is 47.5 Å². The summed E-state index contributed by atoms with van der Waals surface area (Å²) in [7, 11) is 0. The number of rotatable bonds is 3. The number of amides is 1. The van der Waals surface area contributed by atoms with Crippen LogP contribution in [0.2, 0.25) is 0 Å². The highest BCUT2D eigenvalue weighted by molar-refractivity contribution is 5.93. The van der Waals surface area contributed by atoms with Crippen molar-refractivity contribution in [3.8, 4) is 5.69 Å². The Kier molecular flexibility index (Phi) is 5.20. The van der Waals surface area contributed by atoms with Gasteiger partial charge >= 0.3 is 11.7 Å². The molecule has 1 amide bonds. The highest BCUT2D eigenvalue weighted by Gasteiger charge is 2.31. The van der Waals surface area contributed by atoms with Crippen molar-refractivity contribution in [1.82, 2.24) is 19.8 Å². The highest BCUT2D eigenvalue weighted by Crippen LogP contribution is 2.27. The van der Waals surface area contributed by atoms with Gasteiger partial charge in [-0.15, -0.1) is 4.68 Å². The molecule has 29 heavy (non-hydrogen) atoms. The minimum absolute atomic E-state index is 0.0964. The maximum atomic E-state index is 14.1. The van der Waals surface area contributed by atoms with Crippen LogP contribution in [0.3, 0.4) is 0 Å². The summed E-state index contributed by atoms with van der Waals surface area (Å²) < 4.78 is 29.2. The van der Waals surface area contributed by atoms with Gasteiger partial charge in [0.25, 0.3) is 0 Å². The molecule has 0 atom stereocenters. The molecule has 1 saturated carbocycles. The summed E-state index contributed by atoms with van der Waals surface area (Å²) in [6.07, 6.45) is 4.64. The molecule has 4 rings (SSSR count). The van der Waals surface area contributed by atoms with Crippen molar-refractivity contribution in [2.24, 2.45) is 0 Å². The molecule has 0 spiro atoms. The van der Waals surface area contributed by atoms with E-state index in [2.05, 4.69) is 10.4 Å². The first-order chi connectivity index (χ1) is 14.1. The Morgan fingerprint density at radius 1 is 0.931 bits per heavy atom. The van der Waals surface area contributed by atoms with Crippen LogP contribution in [0.5, 0.6) is 0 Å². The summed E-state index contributed by atoms with van der Waals surface area (Å²) in [5, 5.41) is 7.15. The third-order valence-electron chi connectivity index (χ3n) is 5.09. The summed E-state index contributed by atoms with van der Waals surface area (Å²) >= 11 is 0. The Balaban J connectivity index is 1.76. The van der Waals surface area contributed by atoms with Crippen molar-refractivity contribution in [2.75, 3.05) is 4.90 Å². The predicted octanol–water partition coefficient (Wildman–Crippen LogP) is 3.51. The molecule has 7 nitrogen and oxygen atoms in total. The number of para-hydroxylation sites is 2. The fraction of sp³-hybridized carbons (Fsp3) is 0.300. The van der Waals surface area contributed by atoms with Crippen molar-refractivity contribution < 1.29 is 13.6 Å². The van der Waals surface area contributed by atoms with Crippen molar-refractivity contribution >= 4 is 11.7 Å². The van der Waals surface area contributed by atoms with Gasteiger partial charge in [-0.2, -0.15) is 4.68 Å². The standard InChI is InChI=1S/C20H19F2N5O2/c21-16-12-7-13-17(22)18(16)26-20(29)27(24-23-26)19(28)25(14-8-3-1-4-9-14)15-10-5-2-6-11-15/h1,3-4,7-9,12-13,15H,2,5-6,10-11H2. The van der Waals surface area contributed by atoms with Gasteiger partial charge in [-0.1, -0.05) is 43.5 Å². The minimum Gasteiger partial charge on any atom is -0.289 e. The summed E-state index contributed by atoms with van der Waals surface area (Å²) in [6, 6.07) is 11.4. The average Bonchev–Trinajstić information content (AvgIpc) is 3.11. The molecule has 1 aromatic heterocycles. The van der Waals surface area contributed by atoms with Gasteiger partial charge in [0.1, 0.15) is 5.69 Å². The maximum absolute atomic E-state index is 14.1. The van der Waals surface area contributed by atoms with Gasteiger partial charge in [-0.3, -0.25) is 4.90 Å². The predicted molar refractivity (Wildman–Crippen MR) is 102 cm³/mol. The number of carbonyl (C=O) groups is 1. The lowest BCUT2D eigenvalue weighted by atomic mass is 9.94.